The van der Waals surface area contributed by atoms with Gasteiger partial charge in [0.1, 0.15) is 11.4 Å². The topological polar surface area (TPSA) is 27.7 Å². The fourth-order valence-electron chi connectivity index (χ4n) is 7.21. The molecule has 4 aromatic carbocycles. The Morgan fingerprint density at radius 3 is 1.41 bits per heavy atom. The lowest BCUT2D eigenvalue weighted by Gasteiger charge is -2.37. The largest absolute Gasteiger partial charge is 0.496 e. The molecule has 1 radical (unpaired) electrons. The Bertz CT molecular complexity index is 1340. The molecule has 275 valence electrons. The van der Waals surface area contributed by atoms with Gasteiger partial charge in [-0.1, -0.05) is 213 Å². The first kappa shape index (κ1) is 40.4. The summed E-state index contributed by atoms with van der Waals surface area (Å²) in [5, 5.41) is 0. The van der Waals surface area contributed by atoms with Gasteiger partial charge < -0.3 is 14.2 Å². The molecule has 0 aliphatic carbocycles. The standard InChI is InChI=1S/C48H65O3/c1-4-5-6-7-8-9-10-11-12-13-14-15-16-17-18-28-35-46(50-39-42-37-36-41(2)47(38-42)49-3)40-51-48(43-29-22-19-23-30-43,44-31-24-20-25-32-44)45-33-26-21-27-34-45/h19-27,29-34,36-38,46H,2,4-18,28,35,39-40H2,1,3H3/t46-/m1/s1. The predicted molar refractivity (Wildman–Crippen MR) is 215 cm³/mol. The van der Waals surface area contributed by atoms with Gasteiger partial charge >= 0.3 is 0 Å². The number of benzene rings is 4. The summed E-state index contributed by atoms with van der Waals surface area (Å²) in [4.78, 5) is 0. The minimum Gasteiger partial charge on any atom is -0.496 e. The monoisotopic (exact) mass is 689 g/mol. The van der Waals surface area contributed by atoms with E-state index in [0.29, 0.717) is 13.2 Å². The molecule has 3 heteroatoms. The zero-order valence-electron chi connectivity index (χ0n) is 31.8. The Labute approximate surface area is 311 Å². The number of hydrogen-bond donors (Lipinski definition) is 0. The van der Waals surface area contributed by atoms with Gasteiger partial charge in [-0.15, -0.1) is 0 Å². The van der Waals surface area contributed by atoms with Gasteiger partial charge in [0.05, 0.1) is 26.4 Å². The van der Waals surface area contributed by atoms with Gasteiger partial charge in [0.15, 0.2) is 0 Å². The summed E-state index contributed by atoms with van der Waals surface area (Å²) in [6.07, 6.45) is 22.7. The van der Waals surface area contributed by atoms with Crippen LogP contribution in [-0.2, 0) is 21.7 Å². The Morgan fingerprint density at radius 1 is 0.549 bits per heavy atom. The first-order chi connectivity index (χ1) is 25.2. The molecule has 3 nitrogen and oxygen atoms in total. The summed E-state index contributed by atoms with van der Waals surface area (Å²) in [6.45, 7) is 7.36. The van der Waals surface area contributed by atoms with E-state index in [-0.39, 0.29) is 6.10 Å². The maximum Gasteiger partial charge on any atom is 0.143 e. The van der Waals surface area contributed by atoms with Crippen molar-refractivity contribution in [2.24, 2.45) is 0 Å². The van der Waals surface area contributed by atoms with Gasteiger partial charge in [-0.3, -0.25) is 0 Å². The molecular weight excluding hydrogens is 625 g/mol. The van der Waals surface area contributed by atoms with E-state index in [1.807, 2.05) is 12.1 Å². The minimum absolute atomic E-state index is 0.0578. The van der Waals surface area contributed by atoms with E-state index in [2.05, 4.69) is 111 Å². The number of hydrogen-bond acceptors (Lipinski definition) is 3. The zero-order valence-corrected chi connectivity index (χ0v) is 31.8. The van der Waals surface area contributed by atoms with E-state index < -0.39 is 5.60 Å². The van der Waals surface area contributed by atoms with Crippen molar-refractivity contribution in [3.63, 3.8) is 0 Å². The molecule has 0 saturated heterocycles. The van der Waals surface area contributed by atoms with Crippen LogP contribution in [0.15, 0.2) is 109 Å². The highest BCUT2D eigenvalue weighted by atomic mass is 16.5. The van der Waals surface area contributed by atoms with Crippen molar-refractivity contribution in [1.29, 1.82) is 0 Å². The van der Waals surface area contributed by atoms with Gasteiger partial charge in [-0.25, -0.2) is 0 Å². The average Bonchev–Trinajstić information content (AvgIpc) is 3.18. The smallest absolute Gasteiger partial charge is 0.143 e. The highest BCUT2D eigenvalue weighted by Gasteiger charge is 2.38. The van der Waals surface area contributed by atoms with Crippen LogP contribution in [0, 0.1) is 6.92 Å². The SMILES string of the molecule is [CH2]c1ccc(CO[C@H](CCCCCCCCCCCCCCCCCC)COC(c2ccccc2)(c2ccccc2)c2ccccc2)cc1OC. The van der Waals surface area contributed by atoms with Crippen molar-refractivity contribution >= 4 is 0 Å². The summed E-state index contributed by atoms with van der Waals surface area (Å²) in [7, 11) is 1.69. The van der Waals surface area contributed by atoms with Gasteiger partial charge in [-0.05, 0) is 47.2 Å². The summed E-state index contributed by atoms with van der Waals surface area (Å²) in [5.41, 5.74) is 4.53. The molecule has 0 unspecified atom stereocenters. The predicted octanol–water partition coefficient (Wildman–Crippen LogP) is 13.4. The molecule has 0 amide bonds. The van der Waals surface area contributed by atoms with Gasteiger partial charge in [0.2, 0.25) is 0 Å². The van der Waals surface area contributed by atoms with E-state index >= 15 is 0 Å². The molecule has 4 rings (SSSR count). The fourth-order valence-corrected chi connectivity index (χ4v) is 7.21. The van der Waals surface area contributed by atoms with Crippen LogP contribution in [-0.4, -0.2) is 19.8 Å². The van der Waals surface area contributed by atoms with Crippen LogP contribution < -0.4 is 4.74 Å². The Hall–Kier alpha value is -3.40. The summed E-state index contributed by atoms with van der Waals surface area (Å²) < 4.78 is 19.5. The van der Waals surface area contributed by atoms with E-state index in [0.717, 1.165) is 46.4 Å². The maximum atomic E-state index is 7.22. The highest BCUT2D eigenvalue weighted by Crippen LogP contribution is 2.41. The second-order valence-corrected chi connectivity index (χ2v) is 14.3. The van der Waals surface area contributed by atoms with Gasteiger partial charge in [-0.2, -0.15) is 0 Å². The lowest BCUT2D eigenvalue weighted by atomic mass is 9.80. The summed E-state index contributed by atoms with van der Waals surface area (Å²) in [5.74, 6) is 0.790. The Kier molecular flexibility index (Phi) is 19.0. The van der Waals surface area contributed by atoms with Crippen molar-refractivity contribution in [1.82, 2.24) is 0 Å². The number of rotatable bonds is 27. The molecule has 0 fully saturated rings. The van der Waals surface area contributed by atoms with Crippen LogP contribution in [0.3, 0.4) is 0 Å². The molecule has 4 aromatic rings. The second kappa shape index (κ2) is 24.0. The van der Waals surface area contributed by atoms with Gasteiger partial charge in [0.25, 0.3) is 0 Å². The molecule has 1 atom stereocenters. The quantitative estimate of drug-likeness (QED) is 0.0461. The van der Waals surface area contributed by atoms with Crippen molar-refractivity contribution in [3.8, 4) is 5.75 Å². The van der Waals surface area contributed by atoms with Crippen LogP contribution in [0.5, 0.6) is 5.75 Å². The van der Waals surface area contributed by atoms with Gasteiger partial charge in [0, 0.05) is 0 Å². The number of methoxy groups -OCH3 is 1. The normalized spacial score (nSPS) is 12.2. The Morgan fingerprint density at radius 2 is 0.980 bits per heavy atom. The minimum atomic E-state index is -0.765. The third kappa shape index (κ3) is 13.6. The molecule has 0 spiro atoms. The fraction of sp³-hybridized carbons (Fsp3) is 0.479. The molecule has 0 N–H and O–H groups in total. The molecule has 0 saturated carbocycles. The second-order valence-electron chi connectivity index (χ2n) is 14.3. The first-order valence-electron chi connectivity index (χ1n) is 20.1. The molecule has 0 bridgehead atoms. The lowest BCUT2D eigenvalue weighted by Crippen LogP contribution is -2.36. The van der Waals surface area contributed by atoms with Crippen LogP contribution in [0.25, 0.3) is 0 Å². The van der Waals surface area contributed by atoms with E-state index in [9.17, 15) is 0 Å². The molecule has 0 aliphatic heterocycles. The zero-order chi connectivity index (χ0) is 35.8. The van der Waals surface area contributed by atoms with Crippen molar-refractivity contribution in [2.45, 2.75) is 134 Å². The van der Waals surface area contributed by atoms with E-state index in [1.54, 1.807) is 7.11 Å². The number of ether oxygens (including phenoxy) is 3. The van der Waals surface area contributed by atoms with Crippen LogP contribution in [0.1, 0.15) is 144 Å². The molecule has 0 aliphatic rings. The highest BCUT2D eigenvalue weighted by molar-refractivity contribution is 5.47. The lowest BCUT2D eigenvalue weighted by molar-refractivity contribution is -0.0731. The van der Waals surface area contributed by atoms with Crippen molar-refractivity contribution in [3.05, 3.63) is 144 Å². The molecule has 0 heterocycles. The van der Waals surface area contributed by atoms with Crippen LogP contribution >= 0.6 is 0 Å². The van der Waals surface area contributed by atoms with Crippen LogP contribution in [0.2, 0.25) is 0 Å². The molecular formula is C48H65O3. The molecule has 0 aromatic heterocycles. The molecule has 51 heavy (non-hydrogen) atoms. The van der Waals surface area contributed by atoms with E-state index in [4.69, 9.17) is 14.2 Å². The summed E-state index contributed by atoms with van der Waals surface area (Å²) in [6, 6.07) is 38.0. The summed E-state index contributed by atoms with van der Waals surface area (Å²) >= 11 is 0. The third-order valence-corrected chi connectivity index (χ3v) is 10.2. The number of unbranched alkanes of at least 4 members (excludes halogenated alkanes) is 15. The maximum absolute atomic E-state index is 7.22. The van der Waals surface area contributed by atoms with E-state index in [1.165, 1.54) is 96.3 Å². The van der Waals surface area contributed by atoms with Crippen molar-refractivity contribution in [2.75, 3.05) is 13.7 Å². The third-order valence-electron chi connectivity index (χ3n) is 10.2. The van der Waals surface area contributed by atoms with Crippen molar-refractivity contribution < 1.29 is 14.2 Å². The Balaban J connectivity index is 1.34. The first-order valence-corrected chi connectivity index (χ1v) is 20.1. The van der Waals surface area contributed by atoms with Crippen LogP contribution in [0.4, 0.5) is 0 Å². The average molecular weight is 690 g/mol.